The molecule has 7 heteroatoms. The van der Waals surface area contributed by atoms with Gasteiger partial charge < -0.3 is 10.2 Å². The zero-order chi connectivity index (χ0) is 10.2. The van der Waals surface area contributed by atoms with E-state index in [4.69, 9.17) is 0 Å². The summed E-state index contributed by atoms with van der Waals surface area (Å²) in [5, 5.41) is 2.81. The van der Waals surface area contributed by atoms with Crippen molar-refractivity contribution in [2.24, 2.45) is 0 Å². The average Bonchev–Trinajstić information content (AvgIpc) is 2.72. The van der Waals surface area contributed by atoms with E-state index >= 15 is 0 Å². The van der Waals surface area contributed by atoms with Crippen molar-refractivity contribution in [1.29, 1.82) is 0 Å². The van der Waals surface area contributed by atoms with Gasteiger partial charge in [0.05, 0.1) is 0 Å². The molecular formula is C7H12N4O2S. The first kappa shape index (κ1) is 9.20. The standard InChI is InChI=1S/C7H12N4O2S/c1-9-4-5-11(7-9)14(12,13)10-3-2-8-6-10/h2-5,8H,6-7H2,1H3. The van der Waals surface area contributed by atoms with E-state index in [2.05, 4.69) is 5.32 Å². The fraction of sp³-hybridized carbons (Fsp3) is 0.429. The van der Waals surface area contributed by atoms with Gasteiger partial charge in [-0.3, -0.25) is 0 Å². The lowest BCUT2D eigenvalue weighted by atomic mass is 10.9. The maximum absolute atomic E-state index is 11.9. The molecule has 0 bridgehead atoms. The fourth-order valence-corrected chi connectivity index (χ4v) is 2.53. The molecule has 6 nitrogen and oxygen atoms in total. The molecule has 0 aliphatic carbocycles. The number of rotatable bonds is 2. The summed E-state index contributed by atoms with van der Waals surface area (Å²) in [4.78, 5) is 1.80. The van der Waals surface area contributed by atoms with Gasteiger partial charge in [0, 0.05) is 31.8 Å². The summed E-state index contributed by atoms with van der Waals surface area (Å²) in [6.07, 6.45) is 6.41. The van der Waals surface area contributed by atoms with Crippen LogP contribution in [0.25, 0.3) is 0 Å². The van der Waals surface area contributed by atoms with E-state index in [9.17, 15) is 8.42 Å². The molecule has 0 saturated carbocycles. The average molecular weight is 216 g/mol. The van der Waals surface area contributed by atoms with Crippen LogP contribution in [0, 0.1) is 0 Å². The molecule has 0 spiro atoms. The van der Waals surface area contributed by atoms with Crippen molar-refractivity contribution in [2.75, 3.05) is 20.4 Å². The summed E-state index contributed by atoms with van der Waals surface area (Å²) >= 11 is 0. The van der Waals surface area contributed by atoms with Crippen LogP contribution in [0.5, 0.6) is 0 Å². The Morgan fingerprint density at radius 1 is 1.21 bits per heavy atom. The van der Waals surface area contributed by atoms with Crippen LogP contribution in [0.4, 0.5) is 0 Å². The summed E-state index contributed by atoms with van der Waals surface area (Å²) in [5.41, 5.74) is 0. The maximum atomic E-state index is 11.9. The third-order valence-electron chi connectivity index (χ3n) is 2.05. The predicted molar refractivity (Wildman–Crippen MR) is 51.5 cm³/mol. The van der Waals surface area contributed by atoms with Crippen LogP contribution >= 0.6 is 0 Å². The molecule has 0 aromatic rings. The zero-order valence-corrected chi connectivity index (χ0v) is 8.61. The van der Waals surface area contributed by atoms with E-state index in [0.29, 0.717) is 13.3 Å². The minimum Gasteiger partial charge on any atom is -0.372 e. The summed E-state index contributed by atoms with van der Waals surface area (Å²) in [7, 11) is -1.56. The molecule has 78 valence electrons. The van der Waals surface area contributed by atoms with Gasteiger partial charge >= 0.3 is 10.2 Å². The lowest BCUT2D eigenvalue weighted by Gasteiger charge is -2.23. The molecule has 0 aromatic carbocycles. The Bertz CT molecular complexity index is 375. The first-order valence-electron chi connectivity index (χ1n) is 4.18. The van der Waals surface area contributed by atoms with E-state index < -0.39 is 10.2 Å². The number of nitrogens with one attached hydrogen (secondary N) is 1. The van der Waals surface area contributed by atoms with E-state index in [-0.39, 0.29) is 0 Å². The minimum atomic E-state index is -3.38. The molecule has 0 saturated heterocycles. The normalized spacial score (nSPS) is 20.8. The third kappa shape index (κ3) is 1.39. The Balaban J connectivity index is 2.16. The Morgan fingerprint density at radius 2 is 2.00 bits per heavy atom. The predicted octanol–water partition coefficient (Wildman–Crippen LogP) is -0.759. The van der Waals surface area contributed by atoms with E-state index in [1.165, 1.54) is 14.8 Å². The van der Waals surface area contributed by atoms with Crippen LogP contribution in [0.2, 0.25) is 0 Å². The lowest BCUT2D eigenvalue weighted by Crippen LogP contribution is -2.39. The van der Waals surface area contributed by atoms with Gasteiger partial charge in [-0.1, -0.05) is 0 Å². The fourth-order valence-electron chi connectivity index (χ4n) is 1.28. The topological polar surface area (TPSA) is 55.9 Å². The lowest BCUT2D eigenvalue weighted by molar-refractivity contribution is 0.364. The monoisotopic (exact) mass is 216 g/mol. The third-order valence-corrected chi connectivity index (χ3v) is 3.72. The highest BCUT2D eigenvalue weighted by Crippen LogP contribution is 2.15. The Labute approximate surface area is 83.3 Å². The van der Waals surface area contributed by atoms with Crippen molar-refractivity contribution in [3.63, 3.8) is 0 Å². The van der Waals surface area contributed by atoms with Gasteiger partial charge in [0.15, 0.2) is 0 Å². The van der Waals surface area contributed by atoms with Crippen molar-refractivity contribution < 1.29 is 8.42 Å². The van der Waals surface area contributed by atoms with E-state index in [1.54, 1.807) is 23.5 Å². The van der Waals surface area contributed by atoms with Gasteiger partial charge in [-0.05, 0) is 0 Å². The molecule has 14 heavy (non-hydrogen) atoms. The van der Waals surface area contributed by atoms with Crippen LogP contribution in [0.1, 0.15) is 0 Å². The van der Waals surface area contributed by atoms with Gasteiger partial charge in [0.2, 0.25) is 0 Å². The molecule has 2 heterocycles. The maximum Gasteiger partial charge on any atom is 0.328 e. The molecule has 2 aliphatic rings. The van der Waals surface area contributed by atoms with Gasteiger partial charge in [-0.25, -0.2) is 8.61 Å². The van der Waals surface area contributed by atoms with Crippen molar-refractivity contribution >= 4 is 10.2 Å². The van der Waals surface area contributed by atoms with Crippen molar-refractivity contribution in [3.05, 3.63) is 24.8 Å². The Morgan fingerprint density at radius 3 is 2.50 bits per heavy atom. The van der Waals surface area contributed by atoms with Crippen LogP contribution in [-0.2, 0) is 10.2 Å². The first-order chi connectivity index (χ1) is 6.60. The highest BCUT2D eigenvalue weighted by atomic mass is 32.2. The van der Waals surface area contributed by atoms with Gasteiger partial charge in [-0.15, -0.1) is 0 Å². The van der Waals surface area contributed by atoms with Crippen LogP contribution < -0.4 is 5.32 Å². The van der Waals surface area contributed by atoms with Gasteiger partial charge in [-0.2, -0.15) is 8.42 Å². The summed E-state index contributed by atoms with van der Waals surface area (Å²) in [5.74, 6) is 0. The van der Waals surface area contributed by atoms with Crippen molar-refractivity contribution in [2.45, 2.75) is 0 Å². The van der Waals surface area contributed by atoms with Crippen LogP contribution in [0.15, 0.2) is 24.8 Å². The second-order valence-electron chi connectivity index (χ2n) is 3.16. The highest BCUT2D eigenvalue weighted by Gasteiger charge is 2.28. The Hall–Kier alpha value is -1.37. The number of nitrogens with zero attached hydrogens (tertiary/aromatic N) is 3. The summed E-state index contributed by atoms with van der Waals surface area (Å²) in [6.45, 7) is 0.670. The Kier molecular flexibility index (Phi) is 2.03. The highest BCUT2D eigenvalue weighted by molar-refractivity contribution is 7.87. The molecule has 0 radical (unpaired) electrons. The van der Waals surface area contributed by atoms with Gasteiger partial charge in [0.1, 0.15) is 13.3 Å². The van der Waals surface area contributed by atoms with Crippen molar-refractivity contribution in [1.82, 2.24) is 18.8 Å². The van der Waals surface area contributed by atoms with E-state index in [1.807, 2.05) is 7.05 Å². The van der Waals surface area contributed by atoms with Crippen LogP contribution in [-0.4, -0.2) is 42.3 Å². The van der Waals surface area contributed by atoms with Crippen LogP contribution in [0.3, 0.4) is 0 Å². The number of hydrogen-bond donors (Lipinski definition) is 1. The SMILES string of the molecule is CN1C=CN(S(=O)(=O)N2C=CNC2)C1. The van der Waals surface area contributed by atoms with Crippen molar-refractivity contribution in [3.8, 4) is 0 Å². The molecule has 0 fully saturated rings. The molecule has 2 aliphatic heterocycles. The largest absolute Gasteiger partial charge is 0.372 e. The molecule has 0 aromatic heterocycles. The summed E-state index contributed by atoms with van der Waals surface area (Å²) in [6, 6.07) is 0. The zero-order valence-electron chi connectivity index (χ0n) is 7.79. The quantitative estimate of drug-likeness (QED) is 0.659. The second-order valence-corrected chi connectivity index (χ2v) is 4.99. The molecular weight excluding hydrogens is 204 g/mol. The molecule has 2 rings (SSSR count). The molecule has 0 unspecified atom stereocenters. The van der Waals surface area contributed by atoms with E-state index in [0.717, 1.165) is 0 Å². The molecule has 1 N–H and O–H groups in total. The van der Waals surface area contributed by atoms with Gasteiger partial charge in [0.25, 0.3) is 0 Å². The molecule has 0 atom stereocenters. The summed E-state index contributed by atoms with van der Waals surface area (Å²) < 4.78 is 26.3. The minimum absolute atomic E-state index is 0.302. The smallest absolute Gasteiger partial charge is 0.328 e. The number of hydrogen-bond acceptors (Lipinski definition) is 4. The molecule has 0 amide bonds. The second kappa shape index (κ2) is 3.09. The first-order valence-corrected chi connectivity index (χ1v) is 5.57.